The van der Waals surface area contributed by atoms with E-state index < -0.39 is 0 Å². The Kier molecular flexibility index (Phi) is 5.84. The number of rotatable bonds is 6. The highest BCUT2D eigenvalue weighted by Gasteiger charge is 2.43. The Hall–Kier alpha value is -0.370. The summed E-state index contributed by atoms with van der Waals surface area (Å²) in [7, 11) is 4.13. The van der Waals surface area contributed by atoms with Crippen LogP contribution in [-0.4, -0.2) is 30.3 Å². The van der Waals surface area contributed by atoms with Crippen LogP contribution in [0.2, 0.25) is 0 Å². The molecule has 2 atom stereocenters. The third kappa shape index (κ3) is 2.79. The normalized spacial score (nSPS) is 25.4. The van der Waals surface area contributed by atoms with E-state index in [4.69, 9.17) is 0 Å². The summed E-state index contributed by atoms with van der Waals surface area (Å²) >= 11 is 0. The molecule has 106 valence electrons. The van der Waals surface area contributed by atoms with Crippen molar-refractivity contribution in [1.29, 1.82) is 0 Å². The van der Waals surface area contributed by atoms with Gasteiger partial charge in [0.15, 0.2) is 5.78 Å². The van der Waals surface area contributed by atoms with Gasteiger partial charge >= 0.3 is 0 Å². The van der Waals surface area contributed by atoms with Crippen molar-refractivity contribution in [1.82, 2.24) is 4.90 Å². The van der Waals surface area contributed by atoms with E-state index in [1.54, 1.807) is 0 Å². The summed E-state index contributed by atoms with van der Waals surface area (Å²) in [5.74, 6) is 1.46. The molecule has 0 aliphatic heterocycles. The number of carbonyl (C=O) groups is 1. The molecule has 0 aromatic rings. The Balaban J connectivity index is 2.94. The highest BCUT2D eigenvalue weighted by Crippen LogP contribution is 2.38. The molecule has 2 nitrogen and oxygen atoms in total. The van der Waals surface area contributed by atoms with Gasteiger partial charge in [-0.1, -0.05) is 40.0 Å². The minimum absolute atomic E-state index is 0.227. The SMILES string of the molecule is CCC1CCCCC1C(=O)C(CC)(CC)N(C)C. The number of ketones is 1. The van der Waals surface area contributed by atoms with Crippen molar-refractivity contribution in [3.63, 3.8) is 0 Å². The first kappa shape index (κ1) is 15.7. The average Bonchev–Trinajstić information content (AvgIpc) is 2.40. The van der Waals surface area contributed by atoms with Gasteiger partial charge < -0.3 is 0 Å². The molecule has 2 unspecified atom stereocenters. The monoisotopic (exact) mass is 253 g/mol. The molecule has 0 aromatic heterocycles. The summed E-state index contributed by atoms with van der Waals surface area (Å²) in [6.45, 7) is 6.56. The van der Waals surface area contributed by atoms with Gasteiger partial charge in [0.2, 0.25) is 0 Å². The molecule has 0 amide bonds. The molecule has 0 N–H and O–H groups in total. The second-order valence-corrected chi connectivity index (χ2v) is 6.06. The lowest BCUT2D eigenvalue weighted by Gasteiger charge is -2.42. The molecular formula is C16H31NO. The number of carbonyl (C=O) groups excluding carboxylic acids is 1. The zero-order chi connectivity index (χ0) is 13.8. The molecule has 18 heavy (non-hydrogen) atoms. The molecule has 0 heterocycles. The van der Waals surface area contributed by atoms with Crippen LogP contribution in [0.15, 0.2) is 0 Å². The first-order chi connectivity index (χ1) is 8.53. The summed E-state index contributed by atoms with van der Waals surface area (Å²) in [5.41, 5.74) is -0.227. The second-order valence-electron chi connectivity index (χ2n) is 6.06. The summed E-state index contributed by atoms with van der Waals surface area (Å²) in [6.07, 6.45) is 7.95. The van der Waals surface area contributed by atoms with Crippen molar-refractivity contribution in [3.8, 4) is 0 Å². The molecule has 1 rings (SSSR count). The highest BCUT2D eigenvalue weighted by atomic mass is 16.1. The molecule has 0 aromatic carbocycles. The summed E-state index contributed by atoms with van der Waals surface area (Å²) in [4.78, 5) is 15.2. The maximum absolute atomic E-state index is 13.1. The topological polar surface area (TPSA) is 20.3 Å². The van der Waals surface area contributed by atoms with Crippen LogP contribution >= 0.6 is 0 Å². The van der Waals surface area contributed by atoms with Gasteiger partial charge in [-0.05, 0) is 45.7 Å². The lowest BCUT2D eigenvalue weighted by Crippen LogP contribution is -2.54. The maximum atomic E-state index is 13.1. The summed E-state index contributed by atoms with van der Waals surface area (Å²) in [6, 6.07) is 0. The Labute approximate surface area is 113 Å². The molecule has 0 radical (unpaired) electrons. The smallest absolute Gasteiger partial charge is 0.156 e. The van der Waals surface area contributed by atoms with Crippen molar-refractivity contribution < 1.29 is 4.79 Å². The third-order valence-corrected chi connectivity index (χ3v) is 5.25. The number of Topliss-reactive ketones (excluding diaryl/α,β-unsaturated/α-hetero) is 1. The van der Waals surface area contributed by atoms with Gasteiger partial charge in [0, 0.05) is 5.92 Å². The largest absolute Gasteiger partial charge is 0.297 e. The minimum atomic E-state index is -0.227. The van der Waals surface area contributed by atoms with E-state index in [9.17, 15) is 4.79 Å². The standard InChI is InChI=1S/C16H31NO/c1-6-13-11-9-10-12-14(13)15(18)16(7-2,8-3)17(4)5/h13-14H,6-12H2,1-5H3. The molecule has 0 spiro atoms. The van der Waals surface area contributed by atoms with Gasteiger partial charge in [-0.3, -0.25) is 9.69 Å². The lowest BCUT2D eigenvalue weighted by atomic mass is 9.69. The maximum Gasteiger partial charge on any atom is 0.156 e. The molecule has 2 heteroatoms. The summed E-state index contributed by atoms with van der Waals surface area (Å²) < 4.78 is 0. The van der Waals surface area contributed by atoms with Crippen molar-refractivity contribution in [2.75, 3.05) is 14.1 Å². The highest BCUT2D eigenvalue weighted by molar-refractivity contribution is 5.90. The van der Waals surface area contributed by atoms with Crippen LogP contribution in [0, 0.1) is 11.8 Å². The zero-order valence-electron chi connectivity index (χ0n) is 13.0. The quantitative estimate of drug-likeness (QED) is 0.715. The predicted molar refractivity (Wildman–Crippen MR) is 77.7 cm³/mol. The lowest BCUT2D eigenvalue weighted by molar-refractivity contribution is -0.137. The van der Waals surface area contributed by atoms with Crippen LogP contribution < -0.4 is 0 Å². The van der Waals surface area contributed by atoms with E-state index in [1.165, 1.54) is 19.3 Å². The van der Waals surface area contributed by atoms with E-state index >= 15 is 0 Å². The molecule has 0 bridgehead atoms. The molecular weight excluding hydrogens is 222 g/mol. The molecule has 0 saturated heterocycles. The Morgan fingerprint density at radius 3 is 2.11 bits per heavy atom. The van der Waals surface area contributed by atoms with E-state index in [-0.39, 0.29) is 5.54 Å². The third-order valence-electron chi connectivity index (χ3n) is 5.25. The van der Waals surface area contributed by atoms with E-state index in [0.29, 0.717) is 17.6 Å². The van der Waals surface area contributed by atoms with Gasteiger partial charge in [0.1, 0.15) is 0 Å². The van der Waals surface area contributed by atoms with E-state index in [2.05, 4.69) is 39.8 Å². The van der Waals surface area contributed by atoms with Gasteiger partial charge in [-0.2, -0.15) is 0 Å². The van der Waals surface area contributed by atoms with Crippen molar-refractivity contribution >= 4 is 5.78 Å². The average molecular weight is 253 g/mol. The van der Waals surface area contributed by atoms with Gasteiger partial charge in [0.25, 0.3) is 0 Å². The predicted octanol–water partition coefficient (Wildman–Crippen LogP) is 3.89. The van der Waals surface area contributed by atoms with E-state index in [0.717, 1.165) is 25.7 Å². The minimum Gasteiger partial charge on any atom is -0.297 e. The van der Waals surface area contributed by atoms with Gasteiger partial charge in [-0.25, -0.2) is 0 Å². The van der Waals surface area contributed by atoms with Crippen LogP contribution in [0.3, 0.4) is 0 Å². The fourth-order valence-corrected chi connectivity index (χ4v) is 3.84. The van der Waals surface area contributed by atoms with Crippen LogP contribution in [-0.2, 0) is 4.79 Å². The number of hydrogen-bond donors (Lipinski definition) is 0. The summed E-state index contributed by atoms with van der Waals surface area (Å²) in [5, 5.41) is 0. The van der Waals surface area contributed by atoms with Crippen LogP contribution in [0.5, 0.6) is 0 Å². The van der Waals surface area contributed by atoms with Crippen molar-refractivity contribution in [2.45, 2.75) is 71.3 Å². The fraction of sp³-hybridized carbons (Fsp3) is 0.938. The van der Waals surface area contributed by atoms with Gasteiger partial charge in [0.05, 0.1) is 5.54 Å². The molecule has 1 saturated carbocycles. The van der Waals surface area contributed by atoms with Crippen molar-refractivity contribution in [3.05, 3.63) is 0 Å². The molecule has 1 aliphatic carbocycles. The molecule has 1 aliphatic rings. The van der Waals surface area contributed by atoms with Crippen LogP contribution in [0.1, 0.15) is 65.7 Å². The Bertz CT molecular complexity index is 268. The number of likely N-dealkylation sites (N-methyl/N-ethyl adjacent to an activating group) is 1. The number of nitrogens with zero attached hydrogens (tertiary/aromatic N) is 1. The van der Waals surface area contributed by atoms with Crippen LogP contribution in [0.4, 0.5) is 0 Å². The first-order valence-electron chi connectivity index (χ1n) is 7.75. The Morgan fingerprint density at radius 2 is 1.67 bits per heavy atom. The zero-order valence-corrected chi connectivity index (χ0v) is 13.0. The van der Waals surface area contributed by atoms with E-state index in [1.807, 2.05) is 0 Å². The Morgan fingerprint density at radius 1 is 1.11 bits per heavy atom. The molecule has 1 fully saturated rings. The first-order valence-corrected chi connectivity index (χ1v) is 7.75. The van der Waals surface area contributed by atoms with Gasteiger partial charge in [-0.15, -0.1) is 0 Å². The fourth-order valence-electron chi connectivity index (χ4n) is 3.84. The second kappa shape index (κ2) is 6.70. The van der Waals surface area contributed by atoms with Crippen molar-refractivity contribution in [2.24, 2.45) is 11.8 Å². The van der Waals surface area contributed by atoms with Crippen LogP contribution in [0.25, 0.3) is 0 Å². The number of hydrogen-bond acceptors (Lipinski definition) is 2.